The van der Waals surface area contributed by atoms with Gasteiger partial charge in [-0.2, -0.15) is 0 Å². The molecule has 144 valence electrons. The third-order valence-corrected chi connectivity index (χ3v) is 5.02. The van der Waals surface area contributed by atoms with Crippen molar-refractivity contribution in [3.05, 3.63) is 64.7 Å². The van der Waals surface area contributed by atoms with Crippen molar-refractivity contribution in [2.75, 3.05) is 13.7 Å². The van der Waals surface area contributed by atoms with Crippen LogP contribution in [0.15, 0.2) is 47.4 Å². The van der Waals surface area contributed by atoms with Crippen LogP contribution in [-0.2, 0) is 21.2 Å². The second-order valence-corrected chi connectivity index (χ2v) is 7.79. The Morgan fingerprint density at radius 2 is 1.93 bits per heavy atom. The first-order chi connectivity index (χ1) is 12.7. The lowest BCUT2D eigenvalue weighted by Crippen LogP contribution is -2.23. The lowest BCUT2D eigenvalue weighted by atomic mass is 10.1. The SMILES string of the molecule is COc1ccc(CCNC(=O)/C=C/c2ccc(C)cc2C)cc1S(N)(=O)=O. The van der Waals surface area contributed by atoms with E-state index in [1.807, 2.05) is 26.0 Å². The number of hydrogen-bond acceptors (Lipinski definition) is 4. The molecule has 2 aromatic carbocycles. The first-order valence-electron chi connectivity index (χ1n) is 8.43. The molecule has 0 heterocycles. The first kappa shape index (κ1) is 20.7. The summed E-state index contributed by atoms with van der Waals surface area (Å²) in [5, 5.41) is 7.99. The van der Waals surface area contributed by atoms with E-state index in [9.17, 15) is 13.2 Å². The summed E-state index contributed by atoms with van der Waals surface area (Å²) < 4.78 is 28.3. The van der Waals surface area contributed by atoms with E-state index in [-0.39, 0.29) is 16.6 Å². The van der Waals surface area contributed by atoms with Crippen LogP contribution < -0.4 is 15.2 Å². The van der Waals surface area contributed by atoms with Crippen molar-refractivity contribution in [1.82, 2.24) is 5.32 Å². The van der Waals surface area contributed by atoms with Crippen LogP contribution in [0.25, 0.3) is 6.08 Å². The monoisotopic (exact) mass is 388 g/mol. The van der Waals surface area contributed by atoms with Crippen molar-refractivity contribution in [2.24, 2.45) is 5.14 Å². The van der Waals surface area contributed by atoms with Crippen molar-refractivity contribution in [3.8, 4) is 5.75 Å². The number of carbonyl (C=O) groups excluding carboxylic acids is 1. The van der Waals surface area contributed by atoms with Gasteiger partial charge in [-0.1, -0.05) is 29.8 Å². The molecule has 0 saturated carbocycles. The van der Waals surface area contributed by atoms with Gasteiger partial charge in [0.1, 0.15) is 10.6 Å². The number of rotatable bonds is 7. The molecule has 2 aromatic rings. The van der Waals surface area contributed by atoms with Crippen molar-refractivity contribution in [1.29, 1.82) is 0 Å². The minimum absolute atomic E-state index is 0.0661. The van der Waals surface area contributed by atoms with Crippen molar-refractivity contribution < 1.29 is 17.9 Å². The zero-order valence-electron chi connectivity index (χ0n) is 15.7. The Balaban J connectivity index is 1.96. The van der Waals surface area contributed by atoms with Crippen LogP contribution in [0.1, 0.15) is 22.3 Å². The number of nitrogens with one attached hydrogen (secondary N) is 1. The molecule has 3 N–H and O–H groups in total. The predicted molar refractivity (Wildman–Crippen MR) is 106 cm³/mol. The lowest BCUT2D eigenvalue weighted by Gasteiger charge is -2.09. The summed E-state index contributed by atoms with van der Waals surface area (Å²) in [6.45, 7) is 4.39. The van der Waals surface area contributed by atoms with E-state index in [2.05, 4.69) is 11.4 Å². The van der Waals surface area contributed by atoms with Gasteiger partial charge in [-0.05, 0) is 55.2 Å². The van der Waals surface area contributed by atoms with Gasteiger partial charge in [-0.15, -0.1) is 0 Å². The molecule has 0 aromatic heterocycles. The van der Waals surface area contributed by atoms with Gasteiger partial charge in [0.15, 0.2) is 0 Å². The second kappa shape index (κ2) is 8.83. The summed E-state index contributed by atoms with van der Waals surface area (Å²) in [5.74, 6) is -0.0168. The normalized spacial score (nSPS) is 11.6. The van der Waals surface area contributed by atoms with Crippen LogP contribution in [0.3, 0.4) is 0 Å². The highest BCUT2D eigenvalue weighted by Gasteiger charge is 2.15. The van der Waals surface area contributed by atoms with Gasteiger partial charge in [0.25, 0.3) is 0 Å². The highest BCUT2D eigenvalue weighted by atomic mass is 32.2. The first-order valence-corrected chi connectivity index (χ1v) is 9.98. The van der Waals surface area contributed by atoms with E-state index in [0.29, 0.717) is 13.0 Å². The minimum atomic E-state index is -3.88. The molecular weight excluding hydrogens is 364 g/mol. The van der Waals surface area contributed by atoms with E-state index in [0.717, 1.165) is 16.7 Å². The van der Waals surface area contributed by atoms with Gasteiger partial charge in [0, 0.05) is 12.6 Å². The average Bonchev–Trinajstić information content (AvgIpc) is 2.60. The fourth-order valence-corrected chi connectivity index (χ4v) is 3.41. The Morgan fingerprint density at radius 1 is 1.19 bits per heavy atom. The molecule has 0 fully saturated rings. The molecule has 27 heavy (non-hydrogen) atoms. The number of aryl methyl sites for hydroxylation is 2. The van der Waals surface area contributed by atoms with Crippen molar-refractivity contribution >= 4 is 22.0 Å². The van der Waals surface area contributed by atoms with Crippen LogP contribution in [-0.4, -0.2) is 28.0 Å². The number of hydrogen-bond donors (Lipinski definition) is 2. The van der Waals surface area contributed by atoms with E-state index in [1.165, 1.54) is 24.8 Å². The molecule has 0 aliphatic heterocycles. The number of sulfonamides is 1. The maximum atomic E-state index is 12.0. The molecule has 1 amide bonds. The number of methoxy groups -OCH3 is 1. The summed E-state index contributed by atoms with van der Waals surface area (Å²) in [5.41, 5.74) is 4.00. The Hall–Kier alpha value is -2.64. The van der Waals surface area contributed by atoms with E-state index in [1.54, 1.807) is 18.2 Å². The maximum Gasteiger partial charge on any atom is 0.244 e. The molecule has 0 bridgehead atoms. The van der Waals surface area contributed by atoms with E-state index in [4.69, 9.17) is 9.88 Å². The average molecular weight is 388 g/mol. The molecule has 7 heteroatoms. The molecule has 0 aliphatic rings. The number of nitrogens with two attached hydrogens (primary N) is 1. The van der Waals surface area contributed by atoms with Gasteiger partial charge in [-0.3, -0.25) is 4.79 Å². The molecular formula is C20H24N2O4S. The van der Waals surface area contributed by atoms with Gasteiger partial charge >= 0.3 is 0 Å². The number of carbonyl (C=O) groups is 1. The van der Waals surface area contributed by atoms with Crippen molar-refractivity contribution in [2.45, 2.75) is 25.2 Å². The molecule has 6 nitrogen and oxygen atoms in total. The standard InChI is InChI=1S/C20H24N2O4S/c1-14-4-6-17(15(2)12-14)7-9-20(23)22-11-10-16-5-8-18(26-3)19(13-16)27(21,24)25/h4-9,12-13H,10-11H2,1-3H3,(H,22,23)(H2,21,24,25)/b9-7+. The number of benzene rings is 2. The summed E-state index contributed by atoms with van der Waals surface area (Å²) in [7, 11) is -2.50. The number of amides is 1. The predicted octanol–water partition coefficient (Wildman–Crippen LogP) is 2.33. The zero-order valence-corrected chi connectivity index (χ0v) is 16.5. The molecule has 0 atom stereocenters. The minimum Gasteiger partial charge on any atom is -0.495 e. The van der Waals surface area contributed by atoms with Crippen molar-refractivity contribution in [3.63, 3.8) is 0 Å². The summed E-state index contributed by atoms with van der Waals surface area (Å²) in [4.78, 5) is 11.9. The molecule has 0 aliphatic carbocycles. The maximum absolute atomic E-state index is 12.0. The van der Waals surface area contributed by atoms with Crippen LogP contribution >= 0.6 is 0 Å². The molecule has 0 unspecified atom stereocenters. The summed E-state index contributed by atoms with van der Waals surface area (Å²) in [6.07, 6.45) is 3.73. The highest BCUT2D eigenvalue weighted by Crippen LogP contribution is 2.23. The molecule has 0 radical (unpaired) electrons. The Labute approximate surface area is 160 Å². The Morgan fingerprint density at radius 3 is 2.56 bits per heavy atom. The number of ether oxygens (including phenoxy) is 1. The largest absolute Gasteiger partial charge is 0.495 e. The highest BCUT2D eigenvalue weighted by molar-refractivity contribution is 7.89. The summed E-state index contributed by atoms with van der Waals surface area (Å²) in [6, 6.07) is 10.8. The van der Waals surface area contributed by atoms with Gasteiger partial charge in [0.05, 0.1) is 7.11 Å². The Kier molecular flexibility index (Phi) is 6.76. The molecule has 0 spiro atoms. The lowest BCUT2D eigenvalue weighted by molar-refractivity contribution is -0.116. The van der Waals surface area contributed by atoms with Gasteiger partial charge in [-0.25, -0.2) is 13.6 Å². The van der Waals surface area contributed by atoms with E-state index < -0.39 is 10.0 Å². The fraction of sp³-hybridized carbons (Fsp3) is 0.250. The fourth-order valence-electron chi connectivity index (χ4n) is 2.67. The van der Waals surface area contributed by atoms with Crippen LogP contribution in [0.5, 0.6) is 5.75 Å². The molecule has 0 saturated heterocycles. The van der Waals surface area contributed by atoms with E-state index >= 15 is 0 Å². The van der Waals surface area contributed by atoms with Crippen LogP contribution in [0, 0.1) is 13.8 Å². The third kappa shape index (κ3) is 5.94. The van der Waals surface area contributed by atoms with Gasteiger partial charge in [0.2, 0.25) is 15.9 Å². The summed E-state index contributed by atoms with van der Waals surface area (Å²) >= 11 is 0. The van der Waals surface area contributed by atoms with Crippen LogP contribution in [0.4, 0.5) is 0 Å². The van der Waals surface area contributed by atoms with Crippen LogP contribution in [0.2, 0.25) is 0 Å². The zero-order chi connectivity index (χ0) is 20.0. The second-order valence-electron chi connectivity index (χ2n) is 6.26. The molecule has 2 rings (SSSR count). The topological polar surface area (TPSA) is 98.5 Å². The Bertz CT molecular complexity index is 966. The third-order valence-electron chi connectivity index (χ3n) is 4.09. The quantitative estimate of drug-likeness (QED) is 0.711. The smallest absolute Gasteiger partial charge is 0.244 e. The van der Waals surface area contributed by atoms with Gasteiger partial charge < -0.3 is 10.1 Å². The number of primary sulfonamides is 1.